The van der Waals surface area contributed by atoms with Gasteiger partial charge in [0.25, 0.3) is 0 Å². The summed E-state index contributed by atoms with van der Waals surface area (Å²) in [5.74, 6) is 0.798. The number of nitrogens with zero attached hydrogens (tertiary/aromatic N) is 2. The van der Waals surface area contributed by atoms with Crippen LogP contribution in [-0.2, 0) is 9.53 Å². The van der Waals surface area contributed by atoms with Crippen LogP contribution in [0.25, 0.3) is 22.4 Å². The van der Waals surface area contributed by atoms with Crippen LogP contribution in [0, 0.1) is 0 Å². The first kappa shape index (κ1) is 13.1. The van der Waals surface area contributed by atoms with E-state index in [2.05, 4.69) is 19.7 Å². The first-order valence-electron chi connectivity index (χ1n) is 6.36. The number of ether oxygens (including phenoxy) is 2. The fourth-order valence-corrected chi connectivity index (χ4v) is 1.97. The molecule has 2 aromatic heterocycles. The van der Waals surface area contributed by atoms with E-state index in [4.69, 9.17) is 4.74 Å². The van der Waals surface area contributed by atoms with Gasteiger partial charge in [0.15, 0.2) is 6.61 Å². The van der Waals surface area contributed by atoms with Gasteiger partial charge >= 0.3 is 5.97 Å². The number of hydrogen-bond acceptors (Lipinski definition) is 5. The molecule has 2 heterocycles. The van der Waals surface area contributed by atoms with Crippen molar-refractivity contribution in [3.63, 3.8) is 0 Å². The number of carbonyl (C=O) groups excluding carboxylic acids is 1. The van der Waals surface area contributed by atoms with Crippen molar-refractivity contribution in [1.82, 2.24) is 15.0 Å². The third-order valence-corrected chi connectivity index (χ3v) is 3.00. The number of H-pyrrole nitrogens is 1. The van der Waals surface area contributed by atoms with E-state index in [0.717, 1.165) is 16.6 Å². The van der Waals surface area contributed by atoms with Crippen molar-refractivity contribution in [2.75, 3.05) is 13.7 Å². The van der Waals surface area contributed by atoms with Crippen LogP contribution in [0.2, 0.25) is 0 Å². The second-order valence-electron chi connectivity index (χ2n) is 4.34. The van der Waals surface area contributed by atoms with Crippen molar-refractivity contribution < 1.29 is 14.3 Å². The minimum absolute atomic E-state index is 0.144. The van der Waals surface area contributed by atoms with Gasteiger partial charge in [0.05, 0.1) is 24.4 Å². The second kappa shape index (κ2) is 5.62. The molecule has 6 nitrogen and oxygen atoms in total. The number of hydrogen-bond donors (Lipinski definition) is 1. The zero-order chi connectivity index (χ0) is 14.7. The molecule has 0 spiro atoms. The van der Waals surface area contributed by atoms with Gasteiger partial charge in [0.2, 0.25) is 0 Å². The van der Waals surface area contributed by atoms with Crippen molar-refractivity contribution in [1.29, 1.82) is 0 Å². The Bertz CT molecular complexity index is 749. The number of rotatable bonds is 4. The van der Waals surface area contributed by atoms with Gasteiger partial charge in [-0.1, -0.05) is 12.1 Å². The number of methoxy groups -OCH3 is 1. The molecule has 21 heavy (non-hydrogen) atoms. The number of pyridine rings is 1. The summed E-state index contributed by atoms with van der Waals surface area (Å²) < 4.78 is 10.1. The smallest absolute Gasteiger partial charge is 0.343 e. The Hall–Kier alpha value is -2.89. The first-order chi connectivity index (χ1) is 10.3. The molecule has 0 unspecified atom stereocenters. The molecule has 0 aliphatic carbocycles. The molecule has 0 saturated heterocycles. The van der Waals surface area contributed by atoms with Crippen LogP contribution in [0.1, 0.15) is 0 Å². The molecule has 0 atom stereocenters. The quantitative estimate of drug-likeness (QED) is 0.742. The summed E-state index contributed by atoms with van der Waals surface area (Å²) in [5.41, 5.74) is 2.44. The van der Waals surface area contributed by atoms with Crippen LogP contribution >= 0.6 is 0 Å². The normalized spacial score (nSPS) is 10.5. The first-order valence-corrected chi connectivity index (χ1v) is 6.36. The van der Waals surface area contributed by atoms with Crippen molar-refractivity contribution in [3.8, 4) is 17.1 Å². The molecule has 0 saturated carbocycles. The van der Waals surface area contributed by atoms with Gasteiger partial charge in [-0.25, -0.2) is 9.78 Å². The highest BCUT2D eigenvalue weighted by Gasteiger charge is 2.12. The van der Waals surface area contributed by atoms with Gasteiger partial charge in [0.1, 0.15) is 17.1 Å². The molecule has 3 rings (SSSR count). The maximum absolute atomic E-state index is 11.2. The van der Waals surface area contributed by atoms with E-state index >= 15 is 0 Å². The summed E-state index contributed by atoms with van der Waals surface area (Å²) in [4.78, 5) is 22.9. The van der Waals surface area contributed by atoms with Gasteiger partial charge in [0, 0.05) is 6.20 Å². The number of esters is 1. The average molecular weight is 283 g/mol. The van der Waals surface area contributed by atoms with E-state index in [1.807, 2.05) is 24.3 Å². The van der Waals surface area contributed by atoms with Crippen molar-refractivity contribution >= 4 is 17.0 Å². The summed E-state index contributed by atoms with van der Waals surface area (Å²) in [6, 6.07) is 9.22. The Morgan fingerprint density at radius 3 is 2.95 bits per heavy atom. The minimum atomic E-state index is -0.432. The minimum Gasteiger partial charge on any atom is -0.481 e. The molecule has 1 aromatic carbocycles. The average Bonchev–Trinajstić information content (AvgIpc) is 2.96. The SMILES string of the molecule is COC(=O)COc1ccccc1-c1nc2cnccc2[nH]1. The fraction of sp³-hybridized carbons (Fsp3) is 0.133. The van der Waals surface area contributed by atoms with Crippen LogP contribution in [0.15, 0.2) is 42.7 Å². The summed E-state index contributed by atoms with van der Waals surface area (Å²) in [5, 5.41) is 0. The number of nitrogens with one attached hydrogen (secondary N) is 1. The molecule has 0 bridgehead atoms. The van der Waals surface area contributed by atoms with Crippen molar-refractivity contribution in [2.24, 2.45) is 0 Å². The van der Waals surface area contributed by atoms with E-state index in [9.17, 15) is 4.79 Å². The molecule has 1 N–H and O–H groups in total. The highest BCUT2D eigenvalue weighted by atomic mass is 16.6. The van der Waals surface area contributed by atoms with E-state index in [1.165, 1.54) is 7.11 Å². The topological polar surface area (TPSA) is 77.1 Å². The van der Waals surface area contributed by atoms with E-state index < -0.39 is 5.97 Å². The van der Waals surface area contributed by atoms with Crippen LogP contribution < -0.4 is 4.74 Å². The maximum Gasteiger partial charge on any atom is 0.343 e. The molecular formula is C15H13N3O3. The molecule has 106 valence electrons. The molecular weight excluding hydrogens is 270 g/mol. The number of para-hydroxylation sites is 1. The van der Waals surface area contributed by atoms with E-state index in [-0.39, 0.29) is 6.61 Å². The molecule has 6 heteroatoms. The van der Waals surface area contributed by atoms with Gasteiger partial charge in [-0.3, -0.25) is 4.98 Å². The Labute approximate surface area is 120 Å². The summed E-state index contributed by atoms with van der Waals surface area (Å²) in [6.45, 7) is -0.144. The summed E-state index contributed by atoms with van der Waals surface area (Å²) >= 11 is 0. The fourth-order valence-electron chi connectivity index (χ4n) is 1.97. The Kier molecular flexibility index (Phi) is 3.51. The number of aromatic amines is 1. The van der Waals surface area contributed by atoms with Gasteiger partial charge in [-0.05, 0) is 18.2 Å². The number of carbonyl (C=O) groups is 1. The maximum atomic E-state index is 11.2. The number of aromatic nitrogens is 3. The molecule has 0 amide bonds. The highest BCUT2D eigenvalue weighted by Crippen LogP contribution is 2.29. The van der Waals surface area contributed by atoms with Crippen molar-refractivity contribution in [2.45, 2.75) is 0 Å². The molecule has 0 radical (unpaired) electrons. The Balaban J connectivity index is 1.96. The Morgan fingerprint density at radius 2 is 2.14 bits per heavy atom. The summed E-state index contributed by atoms with van der Waals surface area (Å²) in [6.07, 6.45) is 3.39. The van der Waals surface area contributed by atoms with Crippen LogP contribution in [0.5, 0.6) is 5.75 Å². The zero-order valence-electron chi connectivity index (χ0n) is 11.4. The lowest BCUT2D eigenvalue weighted by atomic mass is 10.2. The lowest BCUT2D eigenvalue weighted by Crippen LogP contribution is -2.12. The van der Waals surface area contributed by atoms with Crippen LogP contribution in [0.3, 0.4) is 0 Å². The summed E-state index contributed by atoms with van der Waals surface area (Å²) in [7, 11) is 1.32. The van der Waals surface area contributed by atoms with Gasteiger partial charge in [-0.2, -0.15) is 0 Å². The second-order valence-corrected chi connectivity index (χ2v) is 4.34. The van der Waals surface area contributed by atoms with Crippen LogP contribution in [0.4, 0.5) is 0 Å². The lowest BCUT2D eigenvalue weighted by Gasteiger charge is -2.08. The molecule has 0 aliphatic rings. The standard InChI is InChI=1S/C15H13N3O3/c1-20-14(19)9-21-13-5-3-2-4-10(13)15-17-11-6-7-16-8-12(11)18-15/h2-8H,9H2,1H3,(H,17,18). The van der Waals surface area contributed by atoms with Gasteiger partial charge < -0.3 is 14.5 Å². The number of fused-ring (bicyclic) bond motifs is 1. The van der Waals surface area contributed by atoms with Gasteiger partial charge in [-0.15, -0.1) is 0 Å². The van der Waals surface area contributed by atoms with Crippen molar-refractivity contribution in [3.05, 3.63) is 42.7 Å². The molecule has 3 aromatic rings. The largest absolute Gasteiger partial charge is 0.481 e. The third-order valence-electron chi connectivity index (χ3n) is 3.00. The number of benzene rings is 1. The molecule has 0 aliphatic heterocycles. The monoisotopic (exact) mass is 283 g/mol. The highest BCUT2D eigenvalue weighted by molar-refractivity contribution is 5.80. The van der Waals surface area contributed by atoms with E-state index in [1.54, 1.807) is 18.5 Å². The third kappa shape index (κ3) is 2.69. The van der Waals surface area contributed by atoms with Crippen LogP contribution in [-0.4, -0.2) is 34.6 Å². The number of imidazole rings is 1. The van der Waals surface area contributed by atoms with E-state index in [0.29, 0.717) is 11.6 Å². The Morgan fingerprint density at radius 1 is 1.29 bits per heavy atom. The predicted molar refractivity (Wildman–Crippen MR) is 76.8 cm³/mol. The zero-order valence-corrected chi connectivity index (χ0v) is 11.4. The lowest BCUT2D eigenvalue weighted by molar-refractivity contribution is -0.142. The predicted octanol–water partition coefficient (Wildman–Crippen LogP) is 2.18. The molecule has 0 fully saturated rings.